The van der Waals surface area contributed by atoms with Gasteiger partial charge in [-0.25, -0.2) is 14.3 Å². The third kappa shape index (κ3) is 6.69. The van der Waals surface area contributed by atoms with Gasteiger partial charge in [0.05, 0.1) is 17.9 Å². The van der Waals surface area contributed by atoms with Crippen LogP contribution in [0.5, 0.6) is 5.88 Å². The first-order valence-corrected chi connectivity index (χ1v) is 17.7. The Morgan fingerprint density at radius 1 is 0.815 bits per heavy atom. The minimum absolute atomic E-state index is 0.0298. The molecule has 0 radical (unpaired) electrons. The van der Waals surface area contributed by atoms with Gasteiger partial charge in [-0.1, -0.05) is 41.6 Å². The van der Waals surface area contributed by atoms with E-state index in [1.54, 1.807) is 53.4 Å². The van der Waals surface area contributed by atoms with Crippen LogP contribution in [0, 0.1) is 20.8 Å². The topological polar surface area (TPSA) is 167 Å². The Hall–Kier alpha value is -6.70. The number of carbonyl (C=O) groups is 2. The molecule has 14 nitrogen and oxygen atoms in total. The van der Waals surface area contributed by atoms with Crippen LogP contribution in [0.2, 0.25) is 0 Å². The second-order valence-corrected chi connectivity index (χ2v) is 13.6. The van der Waals surface area contributed by atoms with Gasteiger partial charge in [0.25, 0.3) is 11.8 Å². The second kappa shape index (κ2) is 14.0. The van der Waals surface area contributed by atoms with E-state index in [0.717, 1.165) is 17.7 Å². The van der Waals surface area contributed by atoms with E-state index in [4.69, 9.17) is 9.26 Å². The number of likely N-dealkylation sites (tertiary alicyclic amines) is 1. The molecule has 2 amide bonds. The number of rotatable bonds is 9. The number of aromatic nitrogens is 6. The quantitative estimate of drug-likeness (QED) is 0.217. The van der Waals surface area contributed by atoms with Gasteiger partial charge in [0.1, 0.15) is 17.5 Å². The van der Waals surface area contributed by atoms with Crippen LogP contribution in [-0.4, -0.2) is 65.6 Å². The van der Waals surface area contributed by atoms with Gasteiger partial charge in [0.15, 0.2) is 17.1 Å². The second-order valence-electron chi connectivity index (χ2n) is 13.6. The number of ether oxygens (including phenoxy) is 1. The predicted molar refractivity (Wildman–Crippen MR) is 198 cm³/mol. The molecule has 4 aromatic heterocycles. The Balaban J connectivity index is 0.996. The normalized spacial score (nSPS) is 17.7. The van der Waals surface area contributed by atoms with Crippen molar-refractivity contribution in [3.8, 4) is 17.3 Å². The van der Waals surface area contributed by atoms with Crippen LogP contribution < -0.4 is 20.9 Å². The number of hydrogen-bond acceptors (Lipinski definition) is 10. The molecule has 1 saturated carbocycles. The molecule has 0 spiro atoms. The number of benzene rings is 2. The summed E-state index contributed by atoms with van der Waals surface area (Å²) in [6, 6.07) is 25.2. The van der Waals surface area contributed by atoms with Crippen molar-refractivity contribution in [1.29, 1.82) is 0 Å². The summed E-state index contributed by atoms with van der Waals surface area (Å²) < 4.78 is 14.9. The lowest BCUT2D eigenvalue weighted by molar-refractivity contribution is 0.0761. The van der Waals surface area contributed by atoms with Crippen LogP contribution in [0.1, 0.15) is 74.1 Å². The van der Waals surface area contributed by atoms with Crippen molar-refractivity contribution in [1.82, 2.24) is 34.6 Å². The molecule has 2 fully saturated rings. The average molecular weight is 725 g/mol. The van der Waals surface area contributed by atoms with Crippen molar-refractivity contribution in [2.45, 2.75) is 51.6 Å². The molecule has 14 heteroatoms. The molecule has 5 heterocycles. The maximum atomic E-state index is 13.6. The van der Waals surface area contributed by atoms with Crippen LogP contribution in [0.3, 0.4) is 0 Å². The van der Waals surface area contributed by atoms with Gasteiger partial charge in [-0.2, -0.15) is 10.2 Å². The van der Waals surface area contributed by atoms with Gasteiger partial charge in [-0.3, -0.25) is 19.2 Å². The number of nitrogens with zero attached hydrogens (tertiary/aromatic N) is 7. The van der Waals surface area contributed by atoms with E-state index in [1.165, 1.54) is 12.1 Å². The number of anilines is 1. The summed E-state index contributed by atoms with van der Waals surface area (Å²) in [6.07, 6.45) is 2.74. The van der Waals surface area contributed by atoms with Crippen LogP contribution in [0.25, 0.3) is 11.4 Å². The summed E-state index contributed by atoms with van der Waals surface area (Å²) in [4.78, 5) is 58.8. The number of nitrogens with one attached hydrogen (secondary N) is 1. The smallest absolute Gasteiger partial charge is 0.280 e. The van der Waals surface area contributed by atoms with Crippen LogP contribution in [0.15, 0.2) is 105 Å². The molecule has 0 bridgehead atoms. The summed E-state index contributed by atoms with van der Waals surface area (Å²) >= 11 is 0. The lowest BCUT2D eigenvalue weighted by Crippen LogP contribution is -2.36. The van der Waals surface area contributed by atoms with Crippen molar-refractivity contribution in [2.24, 2.45) is 0 Å². The molecule has 2 aliphatic rings. The fraction of sp³-hybridized carbons (Fsp3) is 0.250. The average Bonchev–Trinajstić information content (AvgIpc) is 3.69. The zero-order valence-electron chi connectivity index (χ0n) is 29.8. The SMILES string of the molecule is Cc1noc(C2CC2c2cccc(-n3nc(C(=O)N4CCC(Oc5ccccn5)C4)c(=O)cc3C)c2)c1NC(=O)c1nn(-c2ccccc2)c(C)cc1=O. The predicted octanol–water partition coefficient (Wildman–Crippen LogP) is 4.90. The van der Waals surface area contributed by atoms with Crippen LogP contribution in [-0.2, 0) is 0 Å². The fourth-order valence-electron chi connectivity index (χ4n) is 6.94. The molecular weight excluding hydrogens is 688 g/mol. The van der Waals surface area contributed by atoms with Gasteiger partial charge in [-0.15, -0.1) is 0 Å². The molecule has 1 aliphatic heterocycles. The Labute approximate surface area is 309 Å². The van der Waals surface area contributed by atoms with E-state index in [2.05, 4.69) is 25.7 Å². The summed E-state index contributed by atoms with van der Waals surface area (Å²) in [5.41, 5.74) is 3.09. The zero-order valence-corrected chi connectivity index (χ0v) is 29.8. The van der Waals surface area contributed by atoms with Crippen molar-refractivity contribution >= 4 is 17.5 Å². The van der Waals surface area contributed by atoms with E-state index < -0.39 is 22.7 Å². The molecule has 6 aromatic rings. The maximum Gasteiger partial charge on any atom is 0.280 e. The van der Waals surface area contributed by atoms with E-state index in [1.807, 2.05) is 60.7 Å². The summed E-state index contributed by atoms with van der Waals surface area (Å²) in [5.74, 6) is -0.184. The van der Waals surface area contributed by atoms with Gasteiger partial charge in [-0.05, 0) is 69.0 Å². The largest absolute Gasteiger partial charge is 0.472 e. The molecular formula is C40H36N8O6. The molecule has 1 N–H and O–H groups in total. The summed E-state index contributed by atoms with van der Waals surface area (Å²) in [6.45, 7) is 6.00. The maximum absolute atomic E-state index is 13.6. The number of pyridine rings is 1. The molecule has 1 saturated heterocycles. The van der Waals surface area contributed by atoms with E-state index >= 15 is 0 Å². The van der Waals surface area contributed by atoms with Crippen molar-refractivity contribution in [3.63, 3.8) is 0 Å². The Morgan fingerprint density at radius 3 is 2.28 bits per heavy atom. The zero-order chi connectivity index (χ0) is 37.5. The lowest BCUT2D eigenvalue weighted by Gasteiger charge is -2.18. The number of hydrogen-bond donors (Lipinski definition) is 1. The highest BCUT2D eigenvalue weighted by molar-refractivity contribution is 6.03. The van der Waals surface area contributed by atoms with Crippen molar-refractivity contribution in [2.75, 3.05) is 18.4 Å². The Kier molecular flexibility index (Phi) is 8.93. The fourth-order valence-corrected chi connectivity index (χ4v) is 6.94. The minimum atomic E-state index is -0.660. The van der Waals surface area contributed by atoms with Gasteiger partial charge >= 0.3 is 0 Å². The molecule has 2 aromatic carbocycles. The standard InChI is InChI=1S/C40H36N8O6/c1-23-18-32(49)36(43-47(23)27-11-5-4-6-12-27)39(51)42-35-25(3)45-54-38(35)31-21-30(31)26-10-9-13-28(20-26)48-24(2)19-33(50)37(44-48)40(52)46-17-15-29(22-46)53-34-14-7-8-16-41-34/h4-14,16,18-20,29-31H,15,17,21-22H2,1-3H3,(H,42,51). The monoisotopic (exact) mass is 724 g/mol. The van der Waals surface area contributed by atoms with E-state index in [0.29, 0.717) is 59.6 Å². The van der Waals surface area contributed by atoms with E-state index in [9.17, 15) is 19.2 Å². The van der Waals surface area contributed by atoms with Gasteiger partial charge in [0, 0.05) is 54.7 Å². The molecule has 1 aliphatic carbocycles. The van der Waals surface area contributed by atoms with Crippen LogP contribution >= 0.6 is 0 Å². The number of amides is 2. The minimum Gasteiger partial charge on any atom is -0.472 e. The van der Waals surface area contributed by atoms with Gasteiger partial charge < -0.3 is 19.5 Å². The molecule has 8 rings (SSSR count). The Morgan fingerprint density at radius 2 is 1.52 bits per heavy atom. The molecule has 272 valence electrons. The van der Waals surface area contributed by atoms with E-state index in [-0.39, 0.29) is 29.3 Å². The third-order valence-electron chi connectivity index (χ3n) is 9.79. The highest BCUT2D eigenvalue weighted by atomic mass is 16.5. The highest BCUT2D eigenvalue weighted by Crippen LogP contribution is 2.57. The van der Waals surface area contributed by atoms with Crippen LogP contribution in [0.4, 0.5) is 5.69 Å². The van der Waals surface area contributed by atoms with Crippen molar-refractivity contribution in [3.05, 3.63) is 151 Å². The molecule has 3 unspecified atom stereocenters. The first-order chi connectivity index (χ1) is 26.1. The highest BCUT2D eigenvalue weighted by Gasteiger charge is 2.45. The molecule has 3 atom stereocenters. The third-order valence-corrected chi connectivity index (χ3v) is 9.79. The number of aryl methyl sites for hydroxylation is 3. The Bertz CT molecular complexity index is 2510. The number of carbonyl (C=O) groups excluding carboxylic acids is 2. The first-order valence-electron chi connectivity index (χ1n) is 17.7. The van der Waals surface area contributed by atoms with Gasteiger partial charge in [0.2, 0.25) is 16.7 Å². The lowest BCUT2D eigenvalue weighted by atomic mass is 10.1. The first kappa shape index (κ1) is 34.4. The van der Waals surface area contributed by atoms with Crippen molar-refractivity contribution < 1.29 is 18.8 Å². The molecule has 54 heavy (non-hydrogen) atoms. The summed E-state index contributed by atoms with van der Waals surface area (Å²) in [5, 5.41) is 15.9. The summed E-state index contributed by atoms with van der Waals surface area (Å²) in [7, 11) is 0. The number of para-hydroxylation sites is 1.